The van der Waals surface area contributed by atoms with Crippen molar-refractivity contribution in [3.8, 4) is 11.5 Å². The van der Waals surface area contributed by atoms with Crippen LogP contribution in [0, 0.1) is 0 Å². The lowest BCUT2D eigenvalue weighted by Crippen LogP contribution is -1.89. The summed E-state index contributed by atoms with van der Waals surface area (Å²) in [4.78, 5) is 10.4. The molecule has 0 aliphatic rings. The Labute approximate surface area is 85.9 Å². The quantitative estimate of drug-likeness (QED) is 0.713. The molecule has 0 aliphatic heterocycles. The molecule has 0 unspecified atom stereocenters. The number of aromatic nitrogens is 1. The number of aldehydes is 1. The summed E-state index contributed by atoms with van der Waals surface area (Å²) < 4.78 is 7.05. The van der Waals surface area contributed by atoms with Crippen molar-refractivity contribution >= 4 is 17.9 Å². The highest BCUT2D eigenvalue weighted by Gasteiger charge is 2.09. The van der Waals surface area contributed by atoms with E-state index in [4.69, 9.17) is 16.0 Å². The molecule has 72 valence electrons. The zero-order chi connectivity index (χ0) is 10.1. The van der Waals surface area contributed by atoms with Gasteiger partial charge in [-0.25, -0.2) is 0 Å². The van der Waals surface area contributed by atoms with Gasteiger partial charge in [-0.15, -0.1) is 0 Å². The van der Waals surface area contributed by atoms with Gasteiger partial charge in [0.2, 0.25) is 0 Å². The highest BCUT2D eigenvalue weighted by atomic mass is 35.5. The van der Waals surface area contributed by atoms with Crippen molar-refractivity contribution in [3.63, 3.8) is 0 Å². The summed E-state index contributed by atoms with van der Waals surface area (Å²) in [5.41, 5.74) is 0.850. The summed E-state index contributed by atoms with van der Waals surface area (Å²) in [6, 6.07) is 6.99. The molecule has 0 spiro atoms. The lowest BCUT2D eigenvalue weighted by molar-refractivity contribution is 0.110. The zero-order valence-corrected chi connectivity index (χ0v) is 8.28. The van der Waals surface area contributed by atoms with E-state index in [0.717, 1.165) is 5.69 Å². The Hall–Kier alpha value is -1.48. The van der Waals surface area contributed by atoms with Gasteiger partial charge in [0, 0.05) is 7.05 Å². The third kappa shape index (κ3) is 1.36. The van der Waals surface area contributed by atoms with Crippen LogP contribution < -0.4 is 0 Å². The van der Waals surface area contributed by atoms with Crippen LogP contribution in [-0.4, -0.2) is 10.9 Å². The third-order valence-corrected chi connectivity index (χ3v) is 2.44. The summed E-state index contributed by atoms with van der Waals surface area (Å²) in [7, 11) is 1.83. The number of rotatable bonds is 2. The molecular formula is C10H8ClNO2. The van der Waals surface area contributed by atoms with Gasteiger partial charge in [-0.3, -0.25) is 4.79 Å². The molecule has 0 saturated heterocycles. The molecule has 2 heterocycles. The molecule has 2 rings (SSSR count). The van der Waals surface area contributed by atoms with Gasteiger partial charge in [0.15, 0.2) is 17.8 Å². The topological polar surface area (TPSA) is 35.1 Å². The fourth-order valence-corrected chi connectivity index (χ4v) is 1.44. The lowest BCUT2D eigenvalue weighted by Gasteiger charge is -1.99. The second kappa shape index (κ2) is 3.35. The summed E-state index contributed by atoms with van der Waals surface area (Å²) in [6.45, 7) is 0. The third-order valence-electron chi connectivity index (χ3n) is 2.06. The van der Waals surface area contributed by atoms with E-state index in [2.05, 4.69) is 0 Å². The van der Waals surface area contributed by atoms with Crippen LogP contribution in [0.1, 0.15) is 10.6 Å². The summed E-state index contributed by atoms with van der Waals surface area (Å²) in [5.74, 6) is 0.957. The number of halogens is 1. The highest BCUT2D eigenvalue weighted by molar-refractivity contribution is 6.29. The molecule has 0 aliphatic carbocycles. The predicted molar refractivity (Wildman–Crippen MR) is 53.5 cm³/mol. The van der Waals surface area contributed by atoms with Gasteiger partial charge in [-0.2, -0.15) is 0 Å². The van der Waals surface area contributed by atoms with Crippen molar-refractivity contribution in [2.45, 2.75) is 0 Å². The van der Waals surface area contributed by atoms with Gasteiger partial charge >= 0.3 is 0 Å². The van der Waals surface area contributed by atoms with Crippen LogP contribution in [-0.2, 0) is 7.05 Å². The number of carbonyl (C=O) groups excluding carboxylic acids is 1. The normalized spacial score (nSPS) is 10.4. The van der Waals surface area contributed by atoms with Crippen molar-refractivity contribution in [2.75, 3.05) is 0 Å². The highest BCUT2D eigenvalue weighted by Crippen LogP contribution is 2.25. The van der Waals surface area contributed by atoms with Crippen molar-refractivity contribution in [1.29, 1.82) is 0 Å². The van der Waals surface area contributed by atoms with Crippen molar-refractivity contribution in [2.24, 2.45) is 7.05 Å². The molecule has 0 atom stereocenters. The van der Waals surface area contributed by atoms with E-state index in [0.29, 0.717) is 23.0 Å². The average Bonchev–Trinajstić information content (AvgIpc) is 2.75. The van der Waals surface area contributed by atoms with Crippen LogP contribution in [0.2, 0.25) is 5.15 Å². The van der Waals surface area contributed by atoms with Gasteiger partial charge in [-0.05, 0) is 24.3 Å². The molecule has 2 aromatic rings. The van der Waals surface area contributed by atoms with Gasteiger partial charge in [-0.1, -0.05) is 11.6 Å². The SMILES string of the molecule is Cn1c(Cl)ccc1-c1ccc(C=O)o1. The second-order valence-electron chi connectivity index (χ2n) is 2.92. The number of hydrogen-bond donors (Lipinski definition) is 0. The van der Waals surface area contributed by atoms with Crippen LogP contribution in [0.4, 0.5) is 0 Å². The maximum absolute atomic E-state index is 10.4. The fourth-order valence-electron chi connectivity index (χ4n) is 1.29. The van der Waals surface area contributed by atoms with Crippen LogP contribution in [0.3, 0.4) is 0 Å². The van der Waals surface area contributed by atoms with Crippen molar-refractivity contribution < 1.29 is 9.21 Å². The number of nitrogens with zero attached hydrogens (tertiary/aromatic N) is 1. The van der Waals surface area contributed by atoms with E-state index < -0.39 is 0 Å². The van der Waals surface area contributed by atoms with Crippen LogP contribution in [0.5, 0.6) is 0 Å². The molecule has 14 heavy (non-hydrogen) atoms. The summed E-state index contributed by atoms with van der Waals surface area (Å²) in [5, 5.41) is 0.629. The minimum Gasteiger partial charge on any atom is -0.452 e. The molecule has 4 heteroatoms. The van der Waals surface area contributed by atoms with E-state index >= 15 is 0 Å². The maximum atomic E-state index is 10.4. The van der Waals surface area contributed by atoms with E-state index in [1.807, 2.05) is 13.1 Å². The molecule has 2 aromatic heterocycles. The lowest BCUT2D eigenvalue weighted by atomic mass is 10.3. The molecule has 0 radical (unpaired) electrons. The Balaban J connectivity index is 2.49. The molecule has 0 amide bonds. The van der Waals surface area contributed by atoms with E-state index in [1.54, 1.807) is 22.8 Å². The smallest absolute Gasteiger partial charge is 0.185 e. The Bertz CT molecular complexity index is 470. The Morgan fingerprint density at radius 3 is 2.64 bits per heavy atom. The maximum Gasteiger partial charge on any atom is 0.185 e. The standard InChI is InChI=1S/C10H8ClNO2/c1-12-8(3-5-10(12)11)9-4-2-7(6-13)14-9/h2-6H,1H3. The van der Waals surface area contributed by atoms with Gasteiger partial charge in [0.1, 0.15) is 5.15 Å². The largest absolute Gasteiger partial charge is 0.452 e. The molecule has 0 aromatic carbocycles. The molecule has 3 nitrogen and oxygen atoms in total. The van der Waals surface area contributed by atoms with E-state index in [1.165, 1.54) is 0 Å². The number of furan rings is 1. The number of carbonyl (C=O) groups is 1. The van der Waals surface area contributed by atoms with Crippen LogP contribution in [0.15, 0.2) is 28.7 Å². The van der Waals surface area contributed by atoms with Crippen LogP contribution in [0.25, 0.3) is 11.5 Å². The average molecular weight is 210 g/mol. The molecule has 0 fully saturated rings. The second-order valence-corrected chi connectivity index (χ2v) is 3.31. The first-order chi connectivity index (χ1) is 6.72. The molecular weight excluding hydrogens is 202 g/mol. The monoisotopic (exact) mass is 209 g/mol. The van der Waals surface area contributed by atoms with Crippen LogP contribution >= 0.6 is 11.6 Å². The fraction of sp³-hybridized carbons (Fsp3) is 0.100. The Kier molecular flexibility index (Phi) is 2.17. The molecule has 0 N–H and O–H groups in total. The first-order valence-corrected chi connectivity index (χ1v) is 4.47. The van der Waals surface area contributed by atoms with Gasteiger partial charge in [0.05, 0.1) is 5.69 Å². The minimum absolute atomic E-state index is 0.317. The van der Waals surface area contributed by atoms with Gasteiger partial charge < -0.3 is 8.98 Å². The van der Waals surface area contributed by atoms with E-state index in [-0.39, 0.29) is 0 Å². The predicted octanol–water partition coefficient (Wildman–Crippen LogP) is 2.75. The van der Waals surface area contributed by atoms with Gasteiger partial charge in [0.25, 0.3) is 0 Å². The molecule has 0 saturated carbocycles. The van der Waals surface area contributed by atoms with Crippen molar-refractivity contribution in [3.05, 3.63) is 35.2 Å². The Morgan fingerprint density at radius 1 is 1.36 bits per heavy atom. The summed E-state index contributed by atoms with van der Waals surface area (Å²) in [6.07, 6.45) is 0.675. The first-order valence-electron chi connectivity index (χ1n) is 4.09. The summed E-state index contributed by atoms with van der Waals surface area (Å²) >= 11 is 5.87. The minimum atomic E-state index is 0.317. The first kappa shape index (κ1) is 9.09. The zero-order valence-electron chi connectivity index (χ0n) is 7.53. The van der Waals surface area contributed by atoms with E-state index in [9.17, 15) is 4.79 Å². The Morgan fingerprint density at radius 2 is 2.14 bits per heavy atom. The number of hydrogen-bond acceptors (Lipinski definition) is 2. The molecule has 0 bridgehead atoms. The van der Waals surface area contributed by atoms with Crippen molar-refractivity contribution in [1.82, 2.24) is 4.57 Å².